The first kappa shape index (κ1) is 5.16. The summed E-state index contributed by atoms with van der Waals surface area (Å²) in [6.07, 6.45) is 3.14. The number of nitrogens with one attached hydrogen (secondary N) is 1. The standard InChI is InChI=1S/C5H5N5/c6-5-9-3-1-7-8-2-4(3)10-5/h1-2H,(H3,6,9,10). The van der Waals surface area contributed by atoms with Crippen LogP contribution < -0.4 is 5.73 Å². The number of nitrogens with two attached hydrogens (primary N) is 1. The molecule has 0 saturated carbocycles. The minimum atomic E-state index is 0.393. The van der Waals surface area contributed by atoms with Crippen LogP contribution in [0.5, 0.6) is 0 Å². The Bertz CT molecular complexity index is 319. The quantitative estimate of drug-likeness (QED) is 0.530. The van der Waals surface area contributed by atoms with Crippen molar-refractivity contribution in [3.05, 3.63) is 12.4 Å². The van der Waals surface area contributed by atoms with Gasteiger partial charge in [-0.1, -0.05) is 0 Å². The van der Waals surface area contributed by atoms with Gasteiger partial charge in [-0.05, 0) is 0 Å². The third-order valence-electron chi connectivity index (χ3n) is 1.21. The molecule has 0 spiro atoms. The van der Waals surface area contributed by atoms with Crippen molar-refractivity contribution in [2.45, 2.75) is 0 Å². The van der Waals surface area contributed by atoms with Crippen LogP contribution in [0.1, 0.15) is 0 Å². The molecule has 2 rings (SSSR count). The van der Waals surface area contributed by atoms with Crippen molar-refractivity contribution < 1.29 is 0 Å². The van der Waals surface area contributed by atoms with Crippen molar-refractivity contribution in [3.63, 3.8) is 0 Å². The Morgan fingerprint density at radius 3 is 2.90 bits per heavy atom. The van der Waals surface area contributed by atoms with Gasteiger partial charge in [0.2, 0.25) is 0 Å². The normalized spacial score (nSPS) is 10.4. The summed E-state index contributed by atoms with van der Waals surface area (Å²) in [5.74, 6) is 0.393. The van der Waals surface area contributed by atoms with Crippen LogP contribution in [-0.2, 0) is 0 Å². The number of hydrogen-bond acceptors (Lipinski definition) is 4. The van der Waals surface area contributed by atoms with E-state index in [1.165, 1.54) is 0 Å². The first-order valence-corrected chi connectivity index (χ1v) is 2.78. The number of nitrogen functional groups attached to an aromatic ring is 1. The number of anilines is 1. The molecule has 5 heteroatoms. The lowest BCUT2D eigenvalue weighted by atomic mass is 10.5. The highest BCUT2D eigenvalue weighted by atomic mass is 15.1. The summed E-state index contributed by atoms with van der Waals surface area (Å²) in [5.41, 5.74) is 6.92. The van der Waals surface area contributed by atoms with Gasteiger partial charge in [0.1, 0.15) is 5.52 Å². The van der Waals surface area contributed by atoms with Gasteiger partial charge < -0.3 is 10.7 Å². The largest absolute Gasteiger partial charge is 0.369 e. The molecule has 50 valence electrons. The van der Waals surface area contributed by atoms with Crippen LogP contribution in [-0.4, -0.2) is 20.2 Å². The Balaban J connectivity index is 2.88. The molecule has 2 aromatic rings. The zero-order valence-electron chi connectivity index (χ0n) is 5.07. The number of rotatable bonds is 0. The van der Waals surface area contributed by atoms with E-state index in [0.717, 1.165) is 11.0 Å². The predicted molar refractivity (Wildman–Crippen MR) is 36.1 cm³/mol. The summed E-state index contributed by atoms with van der Waals surface area (Å²) in [6.45, 7) is 0. The molecule has 0 bridgehead atoms. The monoisotopic (exact) mass is 135 g/mol. The van der Waals surface area contributed by atoms with E-state index in [9.17, 15) is 0 Å². The van der Waals surface area contributed by atoms with Crippen LogP contribution in [0.3, 0.4) is 0 Å². The van der Waals surface area contributed by atoms with Crippen LogP contribution in [0.4, 0.5) is 5.95 Å². The maximum atomic E-state index is 5.37. The van der Waals surface area contributed by atoms with Gasteiger partial charge in [0, 0.05) is 0 Å². The molecule has 2 aromatic heterocycles. The fourth-order valence-electron chi connectivity index (χ4n) is 0.796. The number of H-pyrrole nitrogens is 1. The van der Waals surface area contributed by atoms with Crippen molar-refractivity contribution in [2.75, 3.05) is 5.73 Å². The number of aromatic amines is 1. The average molecular weight is 135 g/mol. The van der Waals surface area contributed by atoms with Crippen molar-refractivity contribution in [1.29, 1.82) is 0 Å². The summed E-state index contributed by atoms with van der Waals surface area (Å²) < 4.78 is 0. The van der Waals surface area contributed by atoms with Gasteiger partial charge in [0.05, 0.1) is 17.9 Å². The van der Waals surface area contributed by atoms with Crippen molar-refractivity contribution in [2.24, 2.45) is 0 Å². The first-order valence-electron chi connectivity index (χ1n) is 2.78. The van der Waals surface area contributed by atoms with Crippen LogP contribution in [0.15, 0.2) is 12.4 Å². The van der Waals surface area contributed by atoms with Crippen LogP contribution in [0.25, 0.3) is 11.0 Å². The second kappa shape index (κ2) is 1.66. The van der Waals surface area contributed by atoms with E-state index in [4.69, 9.17) is 5.73 Å². The molecule has 0 atom stereocenters. The lowest BCUT2D eigenvalue weighted by molar-refractivity contribution is 1.05. The third-order valence-corrected chi connectivity index (χ3v) is 1.21. The summed E-state index contributed by atoms with van der Waals surface area (Å²) in [7, 11) is 0. The Morgan fingerprint density at radius 1 is 1.30 bits per heavy atom. The fourth-order valence-corrected chi connectivity index (χ4v) is 0.796. The summed E-state index contributed by atoms with van der Waals surface area (Å²) >= 11 is 0. The Labute approximate surface area is 56.3 Å². The minimum Gasteiger partial charge on any atom is -0.369 e. The van der Waals surface area contributed by atoms with Crippen LogP contribution in [0, 0.1) is 0 Å². The van der Waals surface area contributed by atoms with E-state index in [2.05, 4.69) is 20.2 Å². The lowest BCUT2D eigenvalue weighted by Crippen LogP contribution is -1.84. The van der Waals surface area contributed by atoms with E-state index in [0.29, 0.717) is 5.95 Å². The molecular weight excluding hydrogens is 130 g/mol. The topological polar surface area (TPSA) is 80.5 Å². The molecule has 0 aliphatic rings. The number of hydrogen-bond donors (Lipinski definition) is 2. The maximum absolute atomic E-state index is 5.37. The third kappa shape index (κ3) is 0.604. The fraction of sp³-hybridized carbons (Fsp3) is 0. The summed E-state index contributed by atoms with van der Waals surface area (Å²) in [4.78, 5) is 6.76. The number of nitrogens with zero attached hydrogens (tertiary/aromatic N) is 3. The summed E-state index contributed by atoms with van der Waals surface area (Å²) in [5, 5.41) is 7.29. The molecule has 0 radical (unpaired) electrons. The predicted octanol–water partition coefficient (Wildman–Crippen LogP) is -0.0649. The van der Waals surface area contributed by atoms with Gasteiger partial charge in [0.15, 0.2) is 5.95 Å². The second-order valence-corrected chi connectivity index (χ2v) is 1.91. The Hall–Kier alpha value is -1.65. The van der Waals surface area contributed by atoms with Gasteiger partial charge in [0.25, 0.3) is 0 Å². The first-order chi connectivity index (χ1) is 4.86. The van der Waals surface area contributed by atoms with E-state index in [1.807, 2.05) is 0 Å². The Morgan fingerprint density at radius 2 is 2.10 bits per heavy atom. The molecule has 0 amide bonds. The zero-order valence-corrected chi connectivity index (χ0v) is 5.07. The molecule has 0 aliphatic carbocycles. The molecule has 10 heavy (non-hydrogen) atoms. The van der Waals surface area contributed by atoms with Gasteiger partial charge in [-0.15, -0.1) is 0 Å². The van der Waals surface area contributed by atoms with Crippen molar-refractivity contribution in [3.8, 4) is 0 Å². The highest BCUT2D eigenvalue weighted by Crippen LogP contribution is 2.07. The molecule has 0 saturated heterocycles. The maximum Gasteiger partial charge on any atom is 0.198 e. The molecule has 0 unspecified atom stereocenters. The Kier molecular flexibility index (Phi) is 0.858. The molecule has 2 heterocycles. The highest BCUT2D eigenvalue weighted by molar-refractivity contribution is 5.74. The number of aromatic nitrogens is 4. The molecule has 0 fully saturated rings. The highest BCUT2D eigenvalue weighted by Gasteiger charge is 1.96. The number of imidazole rings is 1. The van der Waals surface area contributed by atoms with Crippen molar-refractivity contribution in [1.82, 2.24) is 20.2 Å². The number of fused-ring (bicyclic) bond motifs is 1. The van der Waals surface area contributed by atoms with Crippen LogP contribution in [0.2, 0.25) is 0 Å². The van der Waals surface area contributed by atoms with E-state index in [-0.39, 0.29) is 0 Å². The summed E-state index contributed by atoms with van der Waals surface area (Å²) in [6, 6.07) is 0. The van der Waals surface area contributed by atoms with Crippen LogP contribution >= 0.6 is 0 Å². The van der Waals surface area contributed by atoms with Gasteiger partial charge in [-0.2, -0.15) is 10.2 Å². The van der Waals surface area contributed by atoms with E-state index >= 15 is 0 Å². The molecule has 0 aliphatic heterocycles. The molecule has 3 N–H and O–H groups in total. The van der Waals surface area contributed by atoms with E-state index < -0.39 is 0 Å². The minimum absolute atomic E-state index is 0.393. The van der Waals surface area contributed by atoms with E-state index in [1.54, 1.807) is 12.4 Å². The molecule has 5 nitrogen and oxygen atoms in total. The zero-order chi connectivity index (χ0) is 6.97. The average Bonchev–Trinajstić information content (AvgIpc) is 2.27. The molecular formula is C5H5N5. The smallest absolute Gasteiger partial charge is 0.198 e. The second-order valence-electron chi connectivity index (χ2n) is 1.91. The van der Waals surface area contributed by atoms with Gasteiger partial charge in [-0.25, -0.2) is 4.98 Å². The SMILES string of the molecule is Nc1nc2cnncc2[nH]1. The van der Waals surface area contributed by atoms with Gasteiger partial charge >= 0.3 is 0 Å². The van der Waals surface area contributed by atoms with Gasteiger partial charge in [-0.3, -0.25) is 0 Å². The molecule has 0 aromatic carbocycles. The van der Waals surface area contributed by atoms with Crippen molar-refractivity contribution >= 4 is 17.0 Å². The lowest BCUT2D eigenvalue weighted by Gasteiger charge is -1.79.